The fourth-order valence-corrected chi connectivity index (χ4v) is 2.03. The van der Waals surface area contributed by atoms with Crippen LogP contribution < -0.4 is 0 Å². The van der Waals surface area contributed by atoms with E-state index >= 15 is 0 Å². The summed E-state index contributed by atoms with van der Waals surface area (Å²) in [5.41, 5.74) is 1.44. The molecule has 0 heterocycles. The van der Waals surface area contributed by atoms with Gasteiger partial charge in [0.05, 0.1) is 6.61 Å². The molecule has 15 heavy (non-hydrogen) atoms. The maximum Gasteiger partial charge on any atom is 0.0505 e. The van der Waals surface area contributed by atoms with Gasteiger partial charge in [-0.15, -0.1) is 0 Å². The van der Waals surface area contributed by atoms with Crippen LogP contribution in [0, 0.1) is 0 Å². The van der Waals surface area contributed by atoms with E-state index in [0.29, 0.717) is 8.81 Å². The molecule has 0 spiro atoms. The summed E-state index contributed by atoms with van der Waals surface area (Å²) in [7, 11) is 0.710. The van der Waals surface area contributed by atoms with E-state index in [2.05, 4.69) is 37.3 Å². The van der Waals surface area contributed by atoms with Crippen LogP contribution in [0.3, 0.4) is 0 Å². The van der Waals surface area contributed by atoms with Gasteiger partial charge < -0.3 is 4.52 Å². The maximum atomic E-state index is 5.54. The third-order valence-corrected chi connectivity index (χ3v) is 3.37. The normalized spacial score (nSPS) is 11.3. The molecule has 0 aliphatic rings. The predicted octanol–water partition coefficient (Wildman–Crippen LogP) is 4.03. The van der Waals surface area contributed by atoms with Crippen molar-refractivity contribution in [1.29, 1.82) is 0 Å². The Kier molecular flexibility index (Phi) is 7.51. The van der Waals surface area contributed by atoms with Gasteiger partial charge in [0.1, 0.15) is 0 Å². The topological polar surface area (TPSA) is 9.23 Å². The van der Waals surface area contributed by atoms with E-state index < -0.39 is 0 Å². The first-order valence-electron chi connectivity index (χ1n) is 5.82. The van der Waals surface area contributed by atoms with Crippen molar-refractivity contribution < 1.29 is 4.52 Å². The zero-order valence-corrected chi connectivity index (χ0v) is 10.5. The first kappa shape index (κ1) is 12.7. The summed E-state index contributed by atoms with van der Waals surface area (Å²) in [6.45, 7) is 3.14. The van der Waals surface area contributed by atoms with Gasteiger partial charge in [0, 0.05) is 8.81 Å². The molecule has 84 valence electrons. The molecule has 1 unspecified atom stereocenters. The van der Waals surface area contributed by atoms with Crippen LogP contribution in [0.5, 0.6) is 0 Å². The third-order valence-electron chi connectivity index (χ3n) is 2.26. The van der Waals surface area contributed by atoms with Crippen LogP contribution >= 0.6 is 8.81 Å². The second-order valence-electron chi connectivity index (χ2n) is 3.69. The lowest BCUT2D eigenvalue weighted by molar-refractivity contribution is 0.348. The standard InChI is InChI=1S/C13H21OP/c1-2-12-15-14-11-7-6-10-13-8-4-3-5-9-13/h3-5,8-9,15H,2,6-7,10-12H2,1H3. The molecule has 1 aromatic rings. The maximum absolute atomic E-state index is 5.54. The average Bonchev–Trinajstić information content (AvgIpc) is 2.29. The van der Waals surface area contributed by atoms with Gasteiger partial charge in [-0.2, -0.15) is 0 Å². The number of hydrogen-bond acceptors (Lipinski definition) is 1. The Hall–Kier alpha value is -0.390. The Morgan fingerprint density at radius 1 is 1.13 bits per heavy atom. The lowest BCUT2D eigenvalue weighted by atomic mass is 10.1. The lowest BCUT2D eigenvalue weighted by Gasteiger charge is -2.03. The van der Waals surface area contributed by atoms with Gasteiger partial charge in [0.15, 0.2) is 0 Å². The molecule has 0 saturated carbocycles. The van der Waals surface area contributed by atoms with Crippen molar-refractivity contribution in [3.05, 3.63) is 35.9 Å². The molecule has 0 N–H and O–H groups in total. The molecule has 0 radical (unpaired) electrons. The van der Waals surface area contributed by atoms with Crippen molar-refractivity contribution in [2.24, 2.45) is 0 Å². The van der Waals surface area contributed by atoms with Crippen LogP contribution in [0.2, 0.25) is 0 Å². The smallest absolute Gasteiger partial charge is 0.0505 e. The van der Waals surface area contributed by atoms with E-state index in [9.17, 15) is 0 Å². The van der Waals surface area contributed by atoms with Gasteiger partial charge in [-0.3, -0.25) is 0 Å². The summed E-state index contributed by atoms with van der Waals surface area (Å²) < 4.78 is 5.54. The largest absolute Gasteiger partial charge is 0.362 e. The van der Waals surface area contributed by atoms with E-state index in [1.807, 2.05) is 0 Å². The molecule has 0 saturated heterocycles. The number of rotatable bonds is 8. The van der Waals surface area contributed by atoms with Gasteiger partial charge in [0.2, 0.25) is 0 Å². The predicted molar refractivity (Wildman–Crippen MR) is 68.8 cm³/mol. The molecule has 2 heteroatoms. The first-order chi connectivity index (χ1) is 7.43. The molecule has 1 rings (SSSR count). The van der Waals surface area contributed by atoms with E-state index in [1.165, 1.54) is 37.4 Å². The highest BCUT2D eigenvalue weighted by Gasteiger charge is 1.92. The summed E-state index contributed by atoms with van der Waals surface area (Å²) in [6.07, 6.45) is 6.06. The molecular weight excluding hydrogens is 203 g/mol. The minimum atomic E-state index is 0.710. The molecule has 1 aromatic carbocycles. The van der Waals surface area contributed by atoms with Crippen molar-refractivity contribution in [3.8, 4) is 0 Å². The number of aryl methyl sites for hydroxylation is 1. The molecule has 0 aliphatic heterocycles. The molecule has 0 fully saturated rings. The van der Waals surface area contributed by atoms with Crippen LogP contribution in [0.25, 0.3) is 0 Å². The molecule has 1 nitrogen and oxygen atoms in total. The van der Waals surface area contributed by atoms with Gasteiger partial charge in [-0.1, -0.05) is 43.7 Å². The van der Waals surface area contributed by atoms with Crippen molar-refractivity contribution in [1.82, 2.24) is 0 Å². The second-order valence-corrected chi connectivity index (χ2v) is 4.76. The Morgan fingerprint density at radius 3 is 2.67 bits per heavy atom. The molecular formula is C13H21OP. The fraction of sp³-hybridized carbons (Fsp3) is 0.538. The number of hydrogen-bond donors (Lipinski definition) is 0. The van der Waals surface area contributed by atoms with Crippen LogP contribution in [0.1, 0.15) is 31.7 Å². The summed E-state index contributed by atoms with van der Waals surface area (Å²) in [4.78, 5) is 0. The van der Waals surface area contributed by atoms with Crippen molar-refractivity contribution >= 4 is 8.81 Å². The van der Waals surface area contributed by atoms with E-state index in [4.69, 9.17) is 4.52 Å². The van der Waals surface area contributed by atoms with E-state index in [1.54, 1.807) is 0 Å². The molecule has 0 bridgehead atoms. The Labute approximate surface area is 95.1 Å². The van der Waals surface area contributed by atoms with Crippen LogP contribution in [0.4, 0.5) is 0 Å². The molecule has 1 atom stereocenters. The Bertz CT molecular complexity index is 236. The summed E-state index contributed by atoms with van der Waals surface area (Å²) in [6, 6.07) is 10.7. The van der Waals surface area contributed by atoms with Crippen molar-refractivity contribution in [2.75, 3.05) is 12.8 Å². The Balaban J connectivity index is 1.93. The van der Waals surface area contributed by atoms with Crippen molar-refractivity contribution in [2.45, 2.75) is 32.6 Å². The summed E-state index contributed by atoms with van der Waals surface area (Å²) in [5.74, 6) is 0. The van der Waals surface area contributed by atoms with Gasteiger partial charge >= 0.3 is 0 Å². The minimum absolute atomic E-state index is 0.710. The third kappa shape index (κ3) is 6.65. The van der Waals surface area contributed by atoms with Crippen molar-refractivity contribution in [3.63, 3.8) is 0 Å². The SMILES string of the molecule is CCCPOCCCCc1ccccc1. The van der Waals surface area contributed by atoms with Gasteiger partial charge in [-0.05, 0) is 31.0 Å². The second kappa shape index (κ2) is 8.88. The van der Waals surface area contributed by atoms with Gasteiger partial charge in [0.25, 0.3) is 0 Å². The first-order valence-corrected chi connectivity index (χ1v) is 6.93. The highest BCUT2D eigenvalue weighted by atomic mass is 31.1. The highest BCUT2D eigenvalue weighted by Crippen LogP contribution is 2.14. The summed E-state index contributed by atoms with van der Waals surface area (Å²) >= 11 is 0. The monoisotopic (exact) mass is 224 g/mol. The molecule has 0 aliphatic carbocycles. The van der Waals surface area contributed by atoms with Crippen LogP contribution in [-0.2, 0) is 10.9 Å². The number of unbranched alkanes of at least 4 members (excludes halogenated alkanes) is 1. The quantitative estimate of drug-likeness (QED) is 0.478. The summed E-state index contributed by atoms with van der Waals surface area (Å²) in [5, 5.41) is 0. The molecule has 0 aromatic heterocycles. The minimum Gasteiger partial charge on any atom is -0.362 e. The van der Waals surface area contributed by atoms with Crippen LogP contribution in [-0.4, -0.2) is 12.8 Å². The Morgan fingerprint density at radius 2 is 1.93 bits per heavy atom. The lowest BCUT2D eigenvalue weighted by Crippen LogP contribution is -1.90. The number of benzene rings is 1. The zero-order valence-electron chi connectivity index (χ0n) is 9.54. The molecule has 0 amide bonds. The van der Waals surface area contributed by atoms with E-state index in [-0.39, 0.29) is 0 Å². The average molecular weight is 224 g/mol. The highest BCUT2D eigenvalue weighted by molar-refractivity contribution is 7.32. The van der Waals surface area contributed by atoms with Crippen LogP contribution in [0.15, 0.2) is 30.3 Å². The fourth-order valence-electron chi connectivity index (χ4n) is 1.39. The van der Waals surface area contributed by atoms with E-state index in [0.717, 1.165) is 6.61 Å². The zero-order chi connectivity index (χ0) is 10.8. The van der Waals surface area contributed by atoms with Gasteiger partial charge in [-0.25, -0.2) is 0 Å².